The van der Waals surface area contributed by atoms with Gasteiger partial charge in [-0.15, -0.1) is 11.3 Å². The van der Waals surface area contributed by atoms with Crippen molar-refractivity contribution in [2.75, 3.05) is 0 Å². The van der Waals surface area contributed by atoms with Gasteiger partial charge in [-0.2, -0.15) is 0 Å². The summed E-state index contributed by atoms with van der Waals surface area (Å²) >= 11 is 1.63. The molecule has 31 heavy (non-hydrogen) atoms. The summed E-state index contributed by atoms with van der Waals surface area (Å²) in [6.45, 7) is 2.44. The first-order chi connectivity index (χ1) is 15.2. The number of hydrogen-bond donors (Lipinski definition) is 0. The molecule has 1 aromatic heterocycles. The summed E-state index contributed by atoms with van der Waals surface area (Å²) in [6.07, 6.45) is 7.92. The van der Waals surface area contributed by atoms with E-state index in [-0.39, 0.29) is 11.9 Å². The van der Waals surface area contributed by atoms with Crippen molar-refractivity contribution in [1.82, 2.24) is 9.88 Å². The summed E-state index contributed by atoms with van der Waals surface area (Å²) in [5, 5.41) is 3.06. The number of thiazole rings is 1. The van der Waals surface area contributed by atoms with Gasteiger partial charge in [-0.3, -0.25) is 4.79 Å². The van der Waals surface area contributed by atoms with E-state index in [1.165, 1.54) is 11.1 Å². The smallest absolute Gasteiger partial charge is 0.247 e. The van der Waals surface area contributed by atoms with Crippen LogP contribution in [0.3, 0.4) is 0 Å². The zero-order chi connectivity index (χ0) is 21.2. The molecular formula is C26H26N2O2S. The number of benzene rings is 2. The predicted molar refractivity (Wildman–Crippen MR) is 124 cm³/mol. The molecule has 1 heterocycles. The number of carbonyl (C=O) groups excluding carboxylic acids is 1. The summed E-state index contributed by atoms with van der Waals surface area (Å²) in [6, 6.07) is 17.0. The van der Waals surface area contributed by atoms with E-state index in [1.807, 2.05) is 42.6 Å². The number of aromatic nitrogens is 1. The molecule has 0 N–H and O–H groups in total. The average molecular weight is 431 g/mol. The van der Waals surface area contributed by atoms with Crippen molar-refractivity contribution in [1.29, 1.82) is 0 Å². The third-order valence-electron chi connectivity index (χ3n) is 5.96. The molecule has 0 bridgehead atoms. The van der Waals surface area contributed by atoms with Crippen LogP contribution in [0.5, 0.6) is 5.75 Å². The Morgan fingerprint density at radius 3 is 2.87 bits per heavy atom. The molecule has 2 aliphatic rings. The second kappa shape index (κ2) is 8.67. The zero-order valence-electron chi connectivity index (χ0n) is 17.7. The van der Waals surface area contributed by atoms with Crippen molar-refractivity contribution in [2.45, 2.75) is 51.3 Å². The molecule has 1 saturated carbocycles. The maximum Gasteiger partial charge on any atom is 0.247 e. The fourth-order valence-corrected chi connectivity index (χ4v) is 4.96. The molecule has 5 rings (SSSR count). The summed E-state index contributed by atoms with van der Waals surface area (Å²) in [4.78, 5) is 19.7. The van der Waals surface area contributed by atoms with Crippen LogP contribution in [0, 0.1) is 6.92 Å². The normalized spacial score (nSPS) is 17.6. The zero-order valence-corrected chi connectivity index (χ0v) is 18.5. The van der Waals surface area contributed by atoms with Crippen LogP contribution in [-0.4, -0.2) is 21.8 Å². The molecule has 158 valence electrons. The van der Waals surface area contributed by atoms with Crippen molar-refractivity contribution in [2.24, 2.45) is 0 Å². The van der Waals surface area contributed by atoms with Gasteiger partial charge in [0.1, 0.15) is 12.4 Å². The van der Waals surface area contributed by atoms with Gasteiger partial charge in [0, 0.05) is 17.5 Å². The van der Waals surface area contributed by atoms with E-state index in [2.05, 4.69) is 34.1 Å². The predicted octanol–water partition coefficient (Wildman–Crippen LogP) is 5.72. The molecule has 0 unspecified atom stereocenters. The Morgan fingerprint density at radius 2 is 2.06 bits per heavy atom. The van der Waals surface area contributed by atoms with Gasteiger partial charge < -0.3 is 9.64 Å². The van der Waals surface area contributed by atoms with Gasteiger partial charge in [0.05, 0.1) is 16.7 Å². The van der Waals surface area contributed by atoms with Crippen molar-refractivity contribution < 1.29 is 9.53 Å². The van der Waals surface area contributed by atoms with E-state index in [4.69, 9.17) is 4.74 Å². The van der Waals surface area contributed by atoms with Crippen molar-refractivity contribution >= 4 is 23.3 Å². The quantitative estimate of drug-likeness (QED) is 0.450. The van der Waals surface area contributed by atoms with Gasteiger partial charge >= 0.3 is 0 Å². The number of fused-ring (bicyclic) bond motifs is 1. The largest absolute Gasteiger partial charge is 0.487 e. The van der Waals surface area contributed by atoms with Gasteiger partial charge in [0.25, 0.3) is 0 Å². The van der Waals surface area contributed by atoms with Crippen LogP contribution in [-0.2, 0) is 17.8 Å². The Labute approximate surface area is 187 Å². The summed E-state index contributed by atoms with van der Waals surface area (Å²) < 4.78 is 5.88. The third-order valence-corrected chi connectivity index (χ3v) is 6.78. The Bertz CT molecular complexity index is 1120. The molecule has 4 nitrogen and oxygen atoms in total. The highest BCUT2D eigenvalue weighted by atomic mass is 32.1. The van der Waals surface area contributed by atoms with Gasteiger partial charge in [-0.25, -0.2) is 4.98 Å². The first-order valence-corrected chi connectivity index (χ1v) is 11.8. The van der Waals surface area contributed by atoms with Crippen LogP contribution in [0.2, 0.25) is 0 Å². The first-order valence-electron chi connectivity index (χ1n) is 10.9. The lowest BCUT2D eigenvalue weighted by molar-refractivity contribution is -0.129. The molecule has 1 atom stereocenters. The lowest BCUT2D eigenvalue weighted by atomic mass is 10.1. The fraction of sp³-hybridized carbons (Fsp3) is 0.308. The van der Waals surface area contributed by atoms with E-state index < -0.39 is 0 Å². The first kappa shape index (κ1) is 20.0. The van der Waals surface area contributed by atoms with Gasteiger partial charge in [-0.05, 0) is 67.5 Å². The number of rotatable bonds is 7. The molecular weight excluding hydrogens is 404 g/mol. The van der Waals surface area contributed by atoms with E-state index in [9.17, 15) is 4.79 Å². The molecule has 0 radical (unpaired) electrons. The Morgan fingerprint density at radius 1 is 1.19 bits per heavy atom. The van der Waals surface area contributed by atoms with Crippen LogP contribution < -0.4 is 4.74 Å². The number of amides is 1. The van der Waals surface area contributed by atoms with E-state index in [0.717, 1.165) is 47.7 Å². The maximum atomic E-state index is 13.2. The highest BCUT2D eigenvalue weighted by molar-refractivity contribution is 7.09. The minimum atomic E-state index is 0.105. The number of nitrogens with zero attached hydrogens (tertiary/aromatic N) is 2. The highest BCUT2D eigenvalue weighted by Gasteiger charge is 2.39. The molecule has 1 fully saturated rings. The summed E-state index contributed by atoms with van der Waals surface area (Å²) in [5.41, 5.74) is 4.61. The molecule has 0 aliphatic heterocycles. The van der Waals surface area contributed by atoms with E-state index in [0.29, 0.717) is 12.6 Å². The van der Waals surface area contributed by atoms with Gasteiger partial charge in [0.2, 0.25) is 5.91 Å². The number of carbonyl (C=O) groups is 1. The summed E-state index contributed by atoms with van der Waals surface area (Å²) in [5.74, 6) is 0.887. The monoisotopic (exact) mass is 430 g/mol. The van der Waals surface area contributed by atoms with Crippen molar-refractivity contribution in [3.8, 4) is 5.75 Å². The van der Waals surface area contributed by atoms with Crippen molar-refractivity contribution in [3.63, 3.8) is 0 Å². The number of hydrogen-bond acceptors (Lipinski definition) is 4. The molecule has 1 amide bonds. The van der Waals surface area contributed by atoms with E-state index >= 15 is 0 Å². The highest BCUT2D eigenvalue weighted by Crippen LogP contribution is 2.41. The molecule has 0 spiro atoms. The van der Waals surface area contributed by atoms with Crippen molar-refractivity contribution in [3.05, 3.63) is 87.4 Å². The average Bonchev–Trinajstić information content (AvgIpc) is 3.39. The number of ether oxygens (including phenoxy) is 1. The molecule has 2 aliphatic carbocycles. The van der Waals surface area contributed by atoms with Crippen LogP contribution in [0.15, 0.2) is 60.0 Å². The summed E-state index contributed by atoms with van der Waals surface area (Å²) in [7, 11) is 0. The van der Waals surface area contributed by atoms with Crippen LogP contribution >= 0.6 is 11.3 Å². The maximum absolute atomic E-state index is 13.2. The van der Waals surface area contributed by atoms with Crippen LogP contribution in [0.25, 0.3) is 6.08 Å². The topological polar surface area (TPSA) is 42.4 Å². The Balaban J connectivity index is 1.27. The molecule has 3 aromatic rings. The van der Waals surface area contributed by atoms with Crippen LogP contribution in [0.4, 0.5) is 0 Å². The number of aryl methyl sites for hydroxylation is 2. The minimum Gasteiger partial charge on any atom is -0.487 e. The second-order valence-electron chi connectivity index (χ2n) is 8.28. The lowest BCUT2D eigenvalue weighted by Gasteiger charge is -2.29. The Kier molecular flexibility index (Phi) is 5.60. The minimum absolute atomic E-state index is 0.105. The molecule has 5 heteroatoms. The standard InChI is InChI=1S/C26H26N2O2S/c1-18-27-21(17-31-18)16-30-23-7-4-5-19(15-23)9-14-26(29)28(22-11-12-22)25-13-10-20-6-2-3-8-24(20)25/h2-9,14-15,17,22,25H,10-13,16H2,1H3/b14-9+/t25-/m0/s1. The van der Waals surface area contributed by atoms with Gasteiger partial charge in [0.15, 0.2) is 0 Å². The Hall–Kier alpha value is -2.92. The van der Waals surface area contributed by atoms with Gasteiger partial charge in [-0.1, -0.05) is 36.4 Å². The SMILES string of the molecule is Cc1nc(COc2cccc(/C=C/C(=O)N(C3CC3)[C@H]3CCc4ccccc43)c2)cs1. The molecule has 0 saturated heterocycles. The van der Waals surface area contributed by atoms with Crippen LogP contribution in [0.1, 0.15) is 52.7 Å². The molecule has 2 aromatic carbocycles. The fourth-order valence-electron chi connectivity index (χ4n) is 4.36. The second-order valence-corrected chi connectivity index (χ2v) is 9.34. The lowest BCUT2D eigenvalue weighted by Crippen LogP contribution is -2.34. The van der Waals surface area contributed by atoms with E-state index in [1.54, 1.807) is 17.4 Å². The third kappa shape index (κ3) is 4.57.